The van der Waals surface area contributed by atoms with Gasteiger partial charge in [-0.05, 0) is 8.37 Å². The summed E-state index contributed by atoms with van der Waals surface area (Å²) in [5.41, 5.74) is 0. The Bertz CT molecular complexity index is 20.0. The summed E-state index contributed by atoms with van der Waals surface area (Å²) in [7, 11) is 0.748. The molecule has 1 nitrogen and oxygen atoms in total. The molecule has 1 N–H and O–H groups in total. The highest BCUT2D eigenvalue weighted by molar-refractivity contribution is 7.24. The second kappa shape index (κ2) is 3.10. The zero-order chi connectivity index (χ0) is 3.41. The van der Waals surface area contributed by atoms with Crippen LogP contribution in [0.1, 0.15) is 6.92 Å². The molecular weight excluding hydrogens is 69.0 g/mol. The van der Waals surface area contributed by atoms with E-state index in [4.69, 9.17) is 5.16 Å². The van der Waals surface area contributed by atoms with Gasteiger partial charge in [0.05, 0.1) is 0 Å². The molecule has 0 heterocycles. The van der Waals surface area contributed by atoms with E-state index < -0.39 is 0 Å². The Morgan fingerprint density at radius 3 is 2.25 bits per heavy atom. The molecule has 2 heteroatoms. The van der Waals surface area contributed by atoms with Gasteiger partial charge < -0.3 is 0 Å². The minimum atomic E-state index is 0.748. The SMILES string of the molecule is CCP=N. The third-order valence-electron chi connectivity index (χ3n) is 0.158. The molecule has 0 bridgehead atoms. The van der Waals surface area contributed by atoms with E-state index in [2.05, 4.69) is 0 Å². The van der Waals surface area contributed by atoms with Crippen LogP contribution in [0.4, 0.5) is 0 Å². The zero-order valence-electron chi connectivity index (χ0n) is 2.65. The normalized spacial score (nSPS) is 8.25. The van der Waals surface area contributed by atoms with Crippen molar-refractivity contribution in [1.82, 2.24) is 0 Å². The van der Waals surface area contributed by atoms with E-state index in [9.17, 15) is 0 Å². The predicted molar refractivity (Wildman–Crippen MR) is 20.2 cm³/mol. The van der Waals surface area contributed by atoms with Gasteiger partial charge in [0, 0.05) is 6.16 Å². The van der Waals surface area contributed by atoms with Crippen molar-refractivity contribution < 1.29 is 0 Å². The third-order valence-corrected chi connectivity index (χ3v) is 0.474. The molecule has 0 aliphatic heterocycles. The Kier molecular flexibility index (Phi) is 3.18. The van der Waals surface area contributed by atoms with Crippen molar-refractivity contribution >= 4 is 8.37 Å². The lowest BCUT2D eigenvalue weighted by Crippen LogP contribution is -1.38. The molecule has 0 aromatic carbocycles. The van der Waals surface area contributed by atoms with Gasteiger partial charge in [0.15, 0.2) is 0 Å². The first kappa shape index (κ1) is 4.10. The van der Waals surface area contributed by atoms with E-state index in [1.165, 1.54) is 0 Å². The van der Waals surface area contributed by atoms with Gasteiger partial charge in [-0.3, -0.25) is 5.16 Å². The highest BCUT2D eigenvalue weighted by Gasteiger charge is 1.49. The molecular formula is C2H6NP. The second-order valence-electron chi connectivity index (χ2n) is 0.474. The fraction of sp³-hybridized carbons (Fsp3) is 1.00. The lowest BCUT2D eigenvalue weighted by molar-refractivity contribution is 1.49. The molecule has 0 spiro atoms. The Morgan fingerprint density at radius 1 is 2.00 bits per heavy atom. The standard InChI is InChI=1S/C2H6NP/c1-2-4-3/h3H,2H2,1H3. The molecule has 0 aliphatic carbocycles. The molecule has 4 heavy (non-hydrogen) atoms. The molecule has 0 aromatic heterocycles. The van der Waals surface area contributed by atoms with Crippen molar-refractivity contribution in [2.75, 3.05) is 6.16 Å². The van der Waals surface area contributed by atoms with Crippen LogP contribution in [-0.2, 0) is 0 Å². The van der Waals surface area contributed by atoms with Crippen LogP contribution in [0.2, 0.25) is 0 Å². The molecule has 0 atom stereocenters. The largest absolute Gasteiger partial charge is 0.284 e. The molecule has 0 saturated carbocycles. The van der Waals surface area contributed by atoms with Crippen molar-refractivity contribution in [1.29, 1.82) is 5.16 Å². The monoisotopic (exact) mass is 75.0 g/mol. The van der Waals surface area contributed by atoms with E-state index in [1.54, 1.807) is 0 Å². The van der Waals surface area contributed by atoms with Crippen LogP contribution in [0.5, 0.6) is 0 Å². The van der Waals surface area contributed by atoms with Gasteiger partial charge in [-0.1, -0.05) is 6.92 Å². The molecule has 0 aromatic rings. The van der Waals surface area contributed by atoms with E-state index in [0.29, 0.717) is 0 Å². The number of hydrogen-bond acceptors (Lipinski definition) is 1. The number of nitrogens with one attached hydrogen (secondary N) is 1. The van der Waals surface area contributed by atoms with Crippen LogP contribution in [0.25, 0.3) is 0 Å². The molecule has 24 valence electrons. The summed E-state index contributed by atoms with van der Waals surface area (Å²) in [6, 6.07) is 0. The smallest absolute Gasteiger partial charge is 0.00376 e. The van der Waals surface area contributed by atoms with Gasteiger partial charge >= 0.3 is 0 Å². The summed E-state index contributed by atoms with van der Waals surface area (Å²) in [4.78, 5) is 0. The minimum Gasteiger partial charge on any atom is -0.284 e. The molecule has 0 saturated heterocycles. The summed E-state index contributed by atoms with van der Waals surface area (Å²) in [5, 5.41) is 6.42. The number of rotatable bonds is 1. The molecule has 0 aliphatic rings. The molecule has 0 fully saturated rings. The van der Waals surface area contributed by atoms with Crippen molar-refractivity contribution in [3.8, 4) is 0 Å². The topological polar surface area (TPSA) is 23.9 Å². The second-order valence-corrected chi connectivity index (χ2v) is 1.42. The predicted octanol–water partition coefficient (Wildman–Crippen LogP) is 1.71. The van der Waals surface area contributed by atoms with E-state index in [0.717, 1.165) is 14.5 Å². The summed E-state index contributed by atoms with van der Waals surface area (Å²) in [5.74, 6) is 0. The van der Waals surface area contributed by atoms with Gasteiger partial charge in [0.25, 0.3) is 0 Å². The fourth-order valence-corrected chi connectivity index (χ4v) is 0. The van der Waals surface area contributed by atoms with Crippen LogP contribution in [0.3, 0.4) is 0 Å². The van der Waals surface area contributed by atoms with E-state index in [1.807, 2.05) is 6.92 Å². The maximum Gasteiger partial charge on any atom is 0.00376 e. The van der Waals surface area contributed by atoms with Crippen molar-refractivity contribution in [3.63, 3.8) is 0 Å². The maximum atomic E-state index is 6.42. The summed E-state index contributed by atoms with van der Waals surface area (Å²) in [6.07, 6.45) is 0.958. The third kappa shape index (κ3) is 2.10. The van der Waals surface area contributed by atoms with E-state index >= 15 is 0 Å². The maximum absolute atomic E-state index is 6.42. The lowest BCUT2D eigenvalue weighted by atomic mass is 11.0. The molecule has 0 amide bonds. The Balaban J connectivity index is 2.30. The van der Waals surface area contributed by atoms with Crippen LogP contribution in [0.15, 0.2) is 0 Å². The average Bonchev–Trinajstić information content (AvgIpc) is 1.37. The van der Waals surface area contributed by atoms with Crippen molar-refractivity contribution in [2.24, 2.45) is 0 Å². The summed E-state index contributed by atoms with van der Waals surface area (Å²) >= 11 is 0. The highest BCUT2D eigenvalue weighted by atomic mass is 31.1. The fourth-order valence-electron chi connectivity index (χ4n) is 0. The van der Waals surface area contributed by atoms with Crippen LogP contribution in [0, 0.1) is 5.16 Å². The van der Waals surface area contributed by atoms with Gasteiger partial charge in [-0.25, -0.2) is 0 Å². The Labute approximate surface area is 27.7 Å². The van der Waals surface area contributed by atoms with Crippen LogP contribution >= 0.6 is 8.37 Å². The first-order valence-electron chi connectivity index (χ1n) is 1.25. The van der Waals surface area contributed by atoms with Crippen molar-refractivity contribution in [2.45, 2.75) is 6.92 Å². The minimum absolute atomic E-state index is 0.748. The molecule has 0 rings (SSSR count). The van der Waals surface area contributed by atoms with Crippen LogP contribution in [-0.4, -0.2) is 6.16 Å². The molecule has 0 radical (unpaired) electrons. The quantitative estimate of drug-likeness (QED) is 0.459. The summed E-state index contributed by atoms with van der Waals surface area (Å²) < 4.78 is 0. The van der Waals surface area contributed by atoms with Crippen LogP contribution < -0.4 is 0 Å². The lowest BCUT2D eigenvalue weighted by Gasteiger charge is -1.54. The first-order chi connectivity index (χ1) is 1.91. The van der Waals surface area contributed by atoms with Gasteiger partial charge in [0.2, 0.25) is 0 Å². The molecule has 0 unspecified atom stereocenters. The highest BCUT2D eigenvalue weighted by Crippen LogP contribution is 1.84. The van der Waals surface area contributed by atoms with E-state index in [-0.39, 0.29) is 0 Å². The van der Waals surface area contributed by atoms with Gasteiger partial charge in [-0.2, -0.15) is 0 Å². The Hall–Kier alpha value is 0.100. The average molecular weight is 75.1 g/mol. The van der Waals surface area contributed by atoms with Crippen molar-refractivity contribution in [3.05, 3.63) is 0 Å². The zero-order valence-corrected chi connectivity index (χ0v) is 3.55. The summed E-state index contributed by atoms with van der Waals surface area (Å²) in [6.45, 7) is 1.98. The number of hydrogen-bond donors (Lipinski definition) is 1. The van der Waals surface area contributed by atoms with Gasteiger partial charge in [-0.15, -0.1) is 0 Å². The van der Waals surface area contributed by atoms with Gasteiger partial charge in [0.1, 0.15) is 0 Å². The first-order valence-corrected chi connectivity index (χ1v) is 2.33. The Morgan fingerprint density at radius 2 is 2.25 bits per heavy atom.